The summed E-state index contributed by atoms with van der Waals surface area (Å²) in [7, 11) is 0. The molecule has 1 aromatic rings. The van der Waals surface area contributed by atoms with Gasteiger partial charge in [0.25, 0.3) is 0 Å². The van der Waals surface area contributed by atoms with E-state index >= 15 is 0 Å². The summed E-state index contributed by atoms with van der Waals surface area (Å²) in [4.78, 5) is 12.8. The van der Waals surface area contributed by atoms with Crippen molar-refractivity contribution in [2.24, 2.45) is 11.1 Å². The average molecular weight is 316 g/mol. The second-order valence-corrected chi connectivity index (χ2v) is 5.44. The Morgan fingerprint density at radius 2 is 2.28 bits per heavy atom. The second kappa shape index (κ2) is 5.50. The van der Waals surface area contributed by atoms with E-state index < -0.39 is 5.41 Å². The number of ether oxygens (including phenoxy) is 1. The minimum Gasteiger partial charge on any atom is -0.381 e. The van der Waals surface area contributed by atoms with E-state index in [1.807, 2.05) is 6.92 Å². The molecule has 2 heterocycles. The van der Waals surface area contributed by atoms with Gasteiger partial charge < -0.3 is 10.5 Å². The molecule has 1 fully saturated rings. The minimum atomic E-state index is -0.492. The zero-order valence-corrected chi connectivity index (χ0v) is 12.1. The zero-order valence-electron chi connectivity index (χ0n) is 10.5. The van der Waals surface area contributed by atoms with Crippen molar-refractivity contribution < 1.29 is 9.53 Å². The third-order valence-electron chi connectivity index (χ3n) is 3.63. The zero-order chi connectivity index (χ0) is 13.2. The molecule has 6 heteroatoms. The number of aromatic nitrogens is 2. The highest BCUT2D eigenvalue weighted by molar-refractivity contribution is 9.10. The molecule has 1 aromatic heterocycles. The summed E-state index contributed by atoms with van der Waals surface area (Å²) >= 11 is 3.40. The van der Waals surface area contributed by atoms with Gasteiger partial charge in [0.1, 0.15) is 5.69 Å². The molecule has 0 aliphatic carbocycles. The van der Waals surface area contributed by atoms with Gasteiger partial charge in [0.15, 0.2) is 5.78 Å². The van der Waals surface area contributed by atoms with Gasteiger partial charge in [0.2, 0.25) is 0 Å². The van der Waals surface area contributed by atoms with Crippen LogP contribution in [0.2, 0.25) is 0 Å². The van der Waals surface area contributed by atoms with E-state index in [9.17, 15) is 4.79 Å². The summed E-state index contributed by atoms with van der Waals surface area (Å²) < 4.78 is 7.80. The quantitative estimate of drug-likeness (QED) is 0.857. The number of Topliss-reactive ketones (excluding diaryl/α,β-unsaturated/α-hetero) is 1. The van der Waals surface area contributed by atoms with Crippen molar-refractivity contribution in [3.05, 3.63) is 16.4 Å². The highest BCUT2D eigenvalue weighted by Gasteiger charge is 2.41. The molecule has 0 bridgehead atoms. The minimum absolute atomic E-state index is 0.0829. The van der Waals surface area contributed by atoms with Crippen LogP contribution in [-0.4, -0.2) is 35.3 Å². The number of carbonyl (C=O) groups is 1. The van der Waals surface area contributed by atoms with Crippen LogP contribution in [0.4, 0.5) is 0 Å². The first-order valence-electron chi connectivity index (χ1n) is 6.18. The van der Waals surface area contributed by atoms with Crippen LogP contribution in [0.1, 0.15) is 30.3 Å². The standard InChI is InChI=1S/C12H18BrN3O2/c1-2-16-10(9(13)7-15-16)11(17)12(8-14)3-5-18-6-4-12/h7H,2-6,8,14H2,1H3. The van der Waals surface area contributed by atoms with Gasteiger partial charge in [-0.1, -0.05) is 0 Å². The van der Waals surface area contributed by atoms with Crippen LogP contribution in [-0.2, 0) is 11.3 Å². The van der Waals surface area contributed by atoms with E-state index in [0.717, 1.165) is 4.47 Å². The van der Waals surface area contributed by atoms with E-state index in [4.69, 9.17) is 10.5 Å². The van der Waals surface area contributed by atoms with Crippen LogP contribution in [0.25, 0.3) is 0 Å². The third-order valence-corrected chi connectivity index (χ3v) is 4.21. The number of nitrogens with zero attached hydrogens (tertiary/aromatic N) is 2. The van der Waals surface area contributed by atoms with E-state index in [1.54, 1.807) is 10.9 Å². The van der Waals surface area contributed by atoms with Crippen molar-refractivity contribution in [1.82, 2.24) is 9.78 Å². The maximum atomic E-state index is 12.8. The van der Waals surface area contributed by atoms with Gasteiger partial charge in [0.05, 0.1) is 16.1 Å². The number of carbonyl (C=O) groups excluding carboxylic acids is 1. The molecule has 100 valence electrons. The summed E-state index contributed by atoms with van der Waals surface area (Å²) in [5, 5.41) is 4.19. The molecule has 2 N–H and O–H groups in total. The Hall–Kier alpha value is -0.720. The summed E-state index contributed by atoms with van der Waals surface area (Å²) in [6, 6.07) is 0. The molecule has 0 atom stereocenters. The normalized spacial score (nSPS) is 18.8. The predicted octanol–water partition coefficient (Wildman–Crippen LogP) is 1.60. The maximum absolute atomic E-state index is 12.8. The van der Waals surface area contributed by atoms with Gasteiger partial charge in [-0.3, -0.25) is 9.48 Å². The van der Waals surface area contributed by atoms with Crippen molar-refractivity contribution in [3.8, 4) is 0 Å². The molecule has 18 heavy (non-hydrogen) atoms. The SMILES string of the molecule is CCn1ncc(Br)c1C(=O)C1(CN)CCOCC1. The van der Waals surface area contributed by atoms with Crippen molar-refractivity contribution >= 4 is 21.7 Å². The lowest BCUT2D eigenvalue weighted by molar-refractivity contribution is 0.0193. The van der Waals surface area contributed by atoms with Crippen LogP contribution in [0.15, 0.2) is 10.7 Å². The Morgan fingerprint density at radius 1 is 1.61 bits per heavy atom. The van der Waals surface area contributed by atoms with Crippen LogP contribution in [0, 0.1) is 5.41 Å². The first-order chi connectivity index (χ1) is 8.64. The first kappa shape index (κ1) is 13.7. The molecule has 0 spiro atoms. The number of hydrogen-bond donors (Lipinski definition) is 1. The van der Waals surface area contributed by atoms with Crippen LogP contribution in [0.3, 0.4) is 0 Å². The van der Waals surface area contributed by atoms with E-state index in [0.29, 0.717) is 44.8 Å². The van der Waals surface area contributed by atoms with Gasteiger partial charge in [-0.25, -0.2) is 0 Å². The largest absolute Gasteiger partial charge is 0.381 e. The van der Waals surface area contributed by atoms with Crippen molar-refractivity contribution in [2.75, 3.05) is 19.8 Å². The van der Waals surface area contributed by atoms with Crippen LogP contribution < -0.4 is 5.73 Å². The fourth-order valence-corrected chi connectivity index (χ4v) is 2.84. The van der Waals surface area contributed by atoms with E-state index in [2.05, 4.69) is 21.0 Å². The Labute approximate surface area is 115 Å². The maximum Gasteiger partial charge on any atom is 0.189 e. The smallest absolute Gasteiger partial charge is 0.189 e. The van der Waals surface area contributed by atoms with Crippen molar-refractivity contribution in [1.29, 1.82) is 0 Å². The van der Waals surface area contributed by atoms with Gasteiger partial charge in [-0.05, 0) is 35.7 Å². The average Bonchev–Trinajstić information content (AvgIpc) is 2.79. The van der Waals surface area contributed by atoms with E-state index in [-0.39, 0.29) is 5.78 Å². The number of hydrogen-bond acceptors (Lipinski definition) is 4. The Balaban J connectivity index is 2.36. The number of rotatable bonds is 4. The Morgan fingerprint density at radius 3 is 2.83 bits per heavy atom. The second-order valence-electron chi connectivity index (χ2n) is 4.58. The predicted molar refractivity (Wildman–Crippen MR) is 71.5 cm³/mol. The molecule has 0 aromatic carbocycles. The number of ketones is 1. The fraction of sp³-hybridized carbons (Fsp3) is 0.667. The Kier molecular flexibility index (Phi) is 4.19. The van der Waals surface area contributed by atoms with Gasteiger partial charge in [-0.15, -0.1) is 0 Å². The molecule has 0 radical (unpaired) electrons. The summed E-state index contributed by atoms with van der Waals surface area (Å²) in [5.41, 5.74) is 6.00. The third kappa shape index (κ3) is 2.24. The van der Waals surface area contributed by atoms with Crippen molar-refractivity contribution in [3.63, 3.8) is 0 Å². The van der Waals surface area contributed by atoms with Gasteiger partial charge in [-0.2, -0.15) is 5.10 Å². The van der Waals surface area contributed by atoms with E-state index in [1.165, 1.54) is 0 Å². The van der Waals surface area contributed by atoms with Crippen LogP contribution >= 0.6 is 15.9 Å². The molecule has 1 aliphatic rings. The molecular formula is C12H18BrN3O2. The first-order valence-corrected chi connectivity index (χ1v) is 6.98. The summed E-state index contributed by atoms with van der Waals surface area (Å²) in [6.07, 6.45) is 3.04. The highest BCUT2D eigenvalue weighted by atomic mass is 79.9. The summed E-state index contributed by atoms with van der Waals surface area (Å²) in [5.74, 6) is 0.0829. The molecular weight excluding hydrogens is 298 g/mol. The molecule has 5 nitrogen and oxygen atoms in total. The monoisotopic (exact) mass is 315 g/mol. The number of halogens is 1. The fourth-order valence-electron chi connectivity index (χ4n) is 2.37. The lowest BCUT2D eigenvalue weighted by atomic mass is 9.75. The summed E-state index contributed by atoms with van der Waals surface area (Å²) in [6.45, 7) is 4.19. The Bertz CT molecular complexity index is 439. The van der Waals surface area contributed by atoms with Crippen LogP contribution in [0.5, 0.6) is 0 Å². The number of aryl methyl sites for hydroxylation is 1. The molecule has 1 aliphatic heterocycles. The molecule has 0 amide bonds. The highest BCUT2D eigenvalue weighted by Crippen LogP contribution is 2.35. The molecule has 1 saturated heterocycles. The molecule has 0 unspecified atom stereocenters. The lowest BCUT2D eigenvalue weighted by Crippen LogP contribution is -2.44. The van der Waals surface area contributed by atoms with Gasteiger partial charge >= 0.3 is 0 Å². The molecule has 0 saturated carbocycles. The molecule has 2 rings (SSSR count). The number of nitrogens with two attached hydrogens (primary N) is 1. The lowest BCUT2D eigenvalue weighted by Gasteiger charge is -2.34. The van der Waals surface area contributed by atoms with Crippen molar-refractivity contribution in [2.45, 2.75) is 26.3 Å². The van der Waals surface area contributed by atoms with Gasteiger partial charge in [0, 0.05) is 26.3 Å². The topological polar surface area (TPSA) is 70.1 Å².